The largest absolute Gasteiger partial charge is 0.485 e. The van der Waals surface area contributed by atoms with Crippen molar-refractivity contribution in [2.45, 2.75) is 13.0 Å². The van der Waals surface area contributed by atoms with E-state index in [-0.39, 0.29) is 13.2 Å². The van der Waals surface area contributed by atoms with E-state index in [2.05, 4.69) is 10.9 Å². The van der Waals surface area contributed by atoms with Crippen molar-refractivity contribution in [2.75, 3.05) is 13.2 Å². The first-order valence-corrected chi connectivity index (χ1v) is 8.27. The Labute approximate surface area is 155 Å². The molecule has 0 aliphatic carbocycles. The van der Waals surface area contributed by atoms with Gasteiger partial charge in [0.15, 0.2) is 18.1 Å². The van der Waals surface area contributed by atoms with Crippen LogP contribution in [-0.2, 0) is 9.59 Å². The summed E-state index contributed by atoms with van der Waals surface area (Å²) in [5, 5.41) is 0.586. The highest BCUT2D eigenvalue weighted by molar-refractivity contribution is 6.30. The number of nitrogens with one attached hydrogen (secondary N) is 2. The predicted molar refractivity (Wildman–Crippen MR) is 94.3 cm³/mol. The topological polar surface area (TPSA) is 85.9 Å². The third-order valence-electron chi connectivity index (χ3n) is 3.62. The number of halogens is 1. The summed E-state index contributed by atoms with van der Waals surface area (Å²) in [7, 11) is 0. The number of hydrogen-bond donors (Lipinski definition) is 2. The zero-order valence-electron chi connectivity index (χ0n) is 14.0. The minimum absolute atomic E-state index is 0.0547. The molecule has 0 saturated heterocycles. The fourth-order valence-corrected chi connectivity index (χ4v) is 2.54. The van der Waals surface area contributed by atoms with Crippen molar-refractivity contribution in [3.8, 4) is 17.2 Å². The molecule has 7 nitrogen and oxygen atoms in total. The highest BCUT2D eigenvalue weighted by Crippen LogP contribution is 2.30. The monoisotopic (exact) mass is 376 g/mol. The first kappa shape index (κ1) is 17.9. The van der Waals surface area contributed by atoms with Crippen LogP contribution in [0, 0.1) is 6.92 Å². The SMILES string of the molecule is Cc1cc(Cl)ccc1OCC(=O)NNC(=O)[C@H]1COc2ccccc2O1. The number of carbonyl (C=O) groups excluding carboxylic acids is 2. The average molecular weight is 377 g/mol. The molecule has 1 heterocycles. The fraction of sp³-hybridized carbons (Fsp3) is 0.222. The van der Waals surface area contributed by atoms with Gasteiger partial charge >= 0.3 is 0 Å². The number of carbonyl (C=O) groups is 2. The van der Waals surface area contributed by atoms with Crippen LogP contribution < -0.4 is 25.1 Å². The number of hydrazine groups is 1. The van der Waals surface area contributed by atoms with E-state index in [0.29, 0.717) is 22.3 Å². The summed E-state index contributed by atoms with van der Waals surface area (Å²) in [6.45, 7) is 1.62. The van der Waals surface area contributed by atoms with Crippen LogP contribution in [0.2, 0.25) is 5.02 Å². The van der Waals surface area contributed by atoms with Gasteiger partial charge in [-0.1, -0.05) is 23.7 Å². The van der Waals surface area contributed by atoms with Crippen LogP contribution in [0.3, 0.4) is 0 Å². The summed E-state index contributed by atoms with van der Waals surface area (Å²) in [5.41, 5.74) is 5.38. The van der Waals surface area contributed by atoms with Crippen molar-refractivity contribution >= 4 is 23.4 Å². The first-order chi connectivity index (χ1) is 12.5. The summed E-state index contributed by atoms with van der Waals surface area (Å²) in [4.78, 5) is 23.9. The predicted octanol–water partition coefficient (Wildman–Crippen LogP) is 2.01. The molecule has 0 saturated carbocycles. The van der Waals surface area contributed by atoms with Crippen LogP contribution in [-0.4, -0.2) is 31.1 Å². The van der Waals surface area contributed by atoms with Gasteiger partial charge in [-0.2, -0.15) is 0 Å². The molecule has 136 valence electrons. The Balaban J connectivity index is 1.45. The highest BCUT2D eigenvalue weighted by atomic mass is 35.5. The Hall–Kier alpha value is -2.93. The van der Waals surface area contributed by atoms with Crippen molar-refractivity contribution in [1.29, 1.82) is 0 Å². The van der Waals surface area contributed by atoms with Crippen molar-refractivity contribution in [2.24, 2.45) is 0 Å². The lowest BCUT2D eigenvalue weighted by Gasteiger charge is -2.25. The van der Waals surface area contributed by atoms with Crippen LogP contribution in [0.5, 0.6) is 17.2 Å². The minimum Gasteiger partial charge on any atom is -0.485 e. The first-order valence-electron chi connectivity index (χ1n) is 7.89. The lowest BCUT2D eigenvalue weighted by molar-refractivity contribution is -0.135. The number of rotatable bonds is 4. The molecular weight excluding hydrogens is 360 g/mol. The molecule has 2 amide bonds. The lowest BCUT2D eigenvalue weighted by atomic mass is 10.2. The van der Waals surface area contributed by atoms with Crippen molar-refractivity contribution < 1.29 is 23.8 Å². The van der Waals surface area contributed by atoms with Crippen molar-refractivity contribution in [3.63, 3.8) is 0 Å². The Morgan fingerprint density at radius 3 is 2.73 bits per heavy atom. The van der Waals surface area contributed by atoms with Gasteiger partial charge in [-0.25, -0.2) is 0 Å². The molecule has 0 aromatic heterocycles. The summed E-state index contributed by atoms with van der Waals surface area (Å²) >= 11 is 5.87. The maximum Gasteiger partial charge on any atom is 0.283 e. The molecule has 0 radical (unpaired) electrons. The number of ether oxygens (including phenoxy) is 3. The normalized spacial score (nSPS) is 15.1. The molecule has 0 spiro atoms. The van der Waals surface area contributed by atoms with Gasteiger partial charge in [-0.05, 0) is 42.8 Å². The fourth-order valence-electron chi connectivity index (χ4n) is 2.31. The second-order valence-electron chi connectivity index (χ2n) is 5.60. The van der Waals surface area contributed by atoms with Crippen LogP contribution in [0.4, 0.5) is 0 Å². The van der Waals surface area contributed by atoms with E-state index in [1.54, 1.807) is 36.4 Å². The number of hydrogen-bond acceptors (Lipinski definition) is 5. The minimum atomic E-state index is -0.857. The summed E-state index contributed by atoms with van der Waals surface area (Å²) < 4.78 is 16.4. The van der Waals surface area contributed by atoms with Gasteiger partial charge < -0.3 is 14.2 Å². The van der Waals surface area contributed by atoms with Gasteiger partial charge in [0.1, 0.15) is 12.4 Å². The number of amides is 2. The van der Waals surface area contributed by atoms with Gasteiger partial charge in [0.2, 0.25) is 6.10 Å². The van der Waals surface area contributed by atoms with Crippen LogP contribution in [0.15, 0.2) is 42.5 Å². The maximum atomic E-state index is 12.1. The van der Waals surface area contributed by atoms with E-state index < -0.39 is 17.9 Å². The second kappa shape index (κ2) is 7.97. The molecule has 3 rings (SSSR count). The van der Waals surface area contributed by atoms with Gasteiger partial charge in [0.25, 0.3) is 11.8 Å². The Morgan fingerprint density at radius 1 is 1.19 bits per heavy atom. The Bertz CT molecular complexity index is 827. The molecule has 8 heteroatoms. The molecule has 1 aliphatic rings. The third-order valence-corrected chi connectivity index (χ3v) is 3.86. The molecule has 2 N–H and O–H groups in total. The number of fused-ring (bicyclic) bond motifs is 1. The molecule has 26 heavy (non-hydrogen) atoms. The smallest absolute Gasteiger partial charge is 0.283 e. The molecule has 2 aromatic rings. The van der Waals surface area contributed by atoms with Gasteiger partial charge in [-0.15, -0.1) is 0 Å². The van der Waals surface area contributed by atoms with Gasteiger partial charge in [0, 0.05) is 5.02 Å². The summed E-state index contributed by atoms with van der Waals surface area (Å²) in [6.07, 6.45) is -0.857. The Kier molecular flexibility index (Phi) is 5.48. The van der Waals surface area contributed by atoms with Crippen molar-refractivity contribution in [1.82, 2.24) is 10.9 Å². The quantitative estimate of drug-likeness (QED) is 0.797. The lowest BCUT2D eigenvalue weighted by Crippen LogP contribution is -2.51. The summed E-state index contributed by atoms with van der Waals surface area (Å²) in [6, 6.07) is 12.1. The van der Waals surface area contributed by atoms with Crippen molar-refractivity contribution in [3.05, 3.63) is 53.1 Å². The highest BCUT2D eigenvalue weighted by Gasteiger charge is 2.27. The van der Waals surface area contributed by atoms with Crippen LogP contribution in [0.1, 0.15) is 5.56 Å². The van der Waals surface area contributed by atoms with Crippen LogP contribution in [0.25, 0.3) is 0 Å². The van der Waals surface area contributed by atoms with E-state index in [9.17, 15) is 9.59 Å². The standard InChI is InChI=1S/C18H17ClN2O5/c1-11-8-12(19)6-7-13(11)25-10-17(22)20-21-18(23)16-9-24-14-4-2-3-5-15(14)26-16/h2-8,16H,9-10H2,1H3,(H,20,22)(H,21,23)/t16-/m1/s1. The van der Waals surface area contributed by atoms with E-state index in [1.165, 1.54) is 0 Å². The molecule has 0 fully saturated rings. The molecule has 1 aliphatic heterocycles. The zero-order chi connectivity index (χ0) is 18.5. The molecule has 1 atom stereocenters. The molecule has 2 aromatic carbocycles. The van der Waals surface area contributed by atoms with Gasteiger partial charge in [0.05, 0.1) is 0 Å². The van der Waals surface area contributed by atoms with Gasteiger partial charge in [-0.3, -0.25) is 20.4 Å². The number of aryl methyl sites for hydroxylation is 1. The molecular formula is C18H17ClN2O5. The number of para-hydroxylation sites is 2. The summed E-state index contributed by atoms with van der Waals surface area (Å²) in [5.74, 6) is 0.566. The van der Waals surface area contributed by atoms with E-state index >= 15 is 0 Å². The average Bonchev–Trinajstić information content (AvgIpc) is 2.65. The Morgan fingerprint density at radius 2 is 1.96 bits per heavy atom. The maximum absolute atomic E-state index is 12.1. The van der Waals surface area contributed by atoms with E-state index in [1.807, 2.05) is 13.0 Å². The zero-order valence-corrected chi connectivity index (χ0v) is 14.7. The molecule has 0 bridgehead atoms. The molecule has 0 unspecified atom stereocenters. The second-order valence-corrected chi connectivity index (χ2v) is 6.04. The van der Waals surface area contributed by atoms with Crippen LogP contribution >= 0.6 is 11.6 Å². The third kappa shape index (κ3) is 4.37. The van der Waals surface area contributed by atoms with E-state index in [4.69, 9.17) is 25.8 Å². The van der Waals surface area contributed by atoms with E-state index in [0.717, 1.165) is 5.56 Å². The number of benzene rings is 2.